The van der Waals surface area contributed by atoms with E-state index < -0.39 is 41.9 Å². The third kappa shape index (κ3) is 27.2. The second-order valence-corrected chi connectivity index (χ2v) is 20.2. The Morgan fingerprint density at radius 3 is 1.14 bits per heavy atom. The molecular formula is C69H65BBr2F4KN7O10. The van der Waals surface area contributed by atoms with Crippen LogP contribution in [0.25, 0.3) is 33.4 Å². The van der Waals surface area contributed by atoms with E-state index in [0.29, 0.717) is 43.9 Å². The second kappa shape index (κ2) is 45.6. The Hall–Kier alpha value is -8.61. The predicted molar refractivity (Wildman–Crippen MR) is 357 cm³/mol. The van der Waals surface area contributed by atoms with Gasteiger partial charge in [0.2, 0.25) is 0 Å². The summed E-state index contributed by atoms with van der Waals surface area (Å²) < 4.78 is 77.8. The van der Waals surface area contributed by atoms with Gasteiger partial charge in [0.1, 0.15) is 98.4 Å². The summed E-state index contributed by atoms with van der Waals surface area (Å²) in [5.74, 6) is -2.04. The number of methoxy groups -OCH3 is 4. The number of nitrogen functional groups attached to an aromatic ring is 2. The molecule has 0 unspecified atom stereocenters. The molecule has 0 radical (unpaired) electrons. The number of primary amides is 1. The number of nitrogens with two attached hydrogens (primary N) is 3. The van der Waals surface area contributed by atoms with Crippen molar-refractivity contribution in [2.24, 2.45) is 5.73 Å². The molecule has 0 spiro atoms. The van der Waals surface area contributed by atoms with Crippen LogP contribution in [0.2, 0.25) is 0 Å². The quantitative estimate of drug-likeness (QED) is 0.0444. The summed E-state index contributed by atoms with van der Waals surface area (Å²) in [6, 6.07) is 59.5. The number of benzene rings is 9. The summed E-state index contributed by atoms with van der Waals surface area (Å²) in [7, 11) is 4.48. The number of hydrogen-bond donors (Lipinski definition) is 6. The molecule has 0 aromatic heterocycles. The van der Waals surface area contributed by atoms with Crippen molar-refractivity contribution in [2.45, 2.75) is 19.8 Å². The predicted octanol–water partition coefficient (Wildman–Crippen LogP) is 10.3. The monoisotopic (exact) mass is 1440 g/mol. The molecule has 482 valence electrons. The maximum Gasteiger partial charge on any atom is 1.00 e. The minimum absolute atomic E-state index is 0. The van der Waals surface area contributed by atoms with Gasteiger partial charge >= 0.3 is 58.5 Å². The molecule has 1 amide bonds. The molecule has 17 nitrogen and oxygen atoms in total. The Balaban J connectivity index is 0.000000555. The molecule has 1 fully saturated rings. The third-order valence-corrected chi connectivity index (χ3v) is 13.1. The topological polar surface area (TPSA) is 327 Å². The summed E-state index contributed by atoms with van der Waals surface area (Å²) in [6.07, 6.45) is 2.56. The van der Waals surface area contributed by atoms with Gasteiger partial charge in [0, 0.05) is 34.5 Å². The van der Waals surface area contributed by atoms with E-state index in [9.17, 15) is 22.4 Å². The number of aliphatic hydroxyl groups excluding tert-OH is 1. The largest absolute Gasteiger partial charge is 1.00 e. The van der Waals surface area contributed by atoms with Crippen molar-refractivity contribution in [1.29, 1.82) is 21.0 Å². The van der Waals surface area contributed by atoms with E-state index in [1.165, 1.54) is 59.5 Å². The Labute approximate surface area is 603 Å². The van der Waals surface area contributed by atoms with E-state index in [1.807, 2.05) is 109 Å². The van der Waals surface area contributed by atoms with Gasteiger partial charge in [-0.15, -0.1) is 0 Å². The minimum atomic E-state index is -1.34. The maximum absolute atomic E-state index is 13.7. The average molecular weight is 1440 g/mol. The SMILES string of the molecule is C1CCOC1.CCO.COc1cc(-c2ccccc2)cc(F)c1C#N.COc1cc(-c2ccccc2)cc(N)c1C#N.COc1cc(-c2ccccc2)cc(N)c1C(N)=O.COc1cc(Br)cc(F)c1C#N.N#Cc1c(F)cc(Br)cc1F.OB(O)c1ccccc1.[K+].[OH-]. The number of carbonyl (C=O) groups is 1. The molecule has 10 N–H and O–H groups in total. The fourth-order valence-corrected chi connectivity index (χ4v) is 8.64. The molecule has 1 saturated heterocycles. The standard InChI is InChI=1S/C14H10FNO.C14H14N2O2.C14H12N2O.C8H5BrFNO.C7H2BrF2N.C6H7BO2.C4H8O.C2H6O.K.H2O/c1-17-14-8-11(7-13(15)12(14)9-16)10-5-3-2-4-6-10;1-18-12-8-10(9-5-3-2-4-6-9)7-11(15)13(12)14(16)17;1-17-14-8-11(7-13(16)12(14)9-15)10-5-3-2-4-6-10;1-12-8-3-5(9)2-7(10)6(8)4-11;8-4-1-6(9)5(3-11)7(10)2-4;8-7(9)6-4-2-1-3-5-6;1-2-4-5-3-1;1-2-3;;/h2-8H,1H3;2-8H,15H2,1H3,(H2,16,17);2-8H,16H2,1H3;2-3H,1H3;1-2H;1-5,8-9H;1-4H2;3H,2H2,1H3;;1H2/q;;;;;;;;+1;/p-1. The summed E-state index contributed by atoms with van der Waals surface area (Å²) in [5.41, 5.74) is 23.6. The van der Waals surface area contributed by atoms with E-state index in [4.69, 9.17) is 77.1 Å². The van der Waals surface area contributed by atoms with E-state index >= 15 is 0 Å². The molecular weight excluding hydrogens is 1370 g/mol. The van der Waals surface area contributed by atoms with Crippen LogP contribution < -0.4 is 93.0 Å². The van der Waals surface area contributed by atoms with E-state index in [-0.39, 0.29) is 96.1 Å². The fraction of sp³-hybridized carbons (Fsp3) is 0.145. The van der Waals surface area contributed by atoms with Crippen LogP contribution in [-0.4, -0.2) is 81.9 Å². The third-order valence-electron chi connectivity index (χ3n) is 12.2. The maximum atomic E-state index is 13.7. The number of nitriles is 4. The van der Waals surface area contributed by atoms with Crippen molar-refractivity contribution in [2.75, 3.05) is 59.7 Å². The first-order chi connectivity index (χ1) is 44.2. The first kappa shape index (κ1) is 83.4. The van der Waals surface area contributed by atoms with Crippen LogP contribution in [0.1, 0.15) is 52.4 Å². The van der Waals surface area contributed by atoms with Gasteiger partial charge in [-0.05, 0) is 119 Å². The van der Waals surface area contributed by atoms with Gasteiger partial charge in [0.05, 0.1) is 34.1 Å². The summed E-state index contributed by atoms with van der Waals surface area (Å²) in [5, 5.41) is 59.3. The number of anilines is 2. The molecule has 1 heterocycles. The summed E-state index contributed by atoms with van der Waals surface area (Å²) in [4.78, 5) is 11.3. The van der Waals surface area contributed by atoms with Gasteiger partial charge in [-0.2, -0.15) is 21.0 Å². The smallest absolute Gasteiger partial charge is 0.870 e. The van der Waals surface area contributed by atoms with Crippen molar-refractivity contribution in [3.05, 3.63) is 242 Å². The number of hydrogen-bond acceptors (Lipinski definition) is 16. The molecule has 0 bridgehead atoms. The van der Waals surface area contributed by atoms with Crippen LogP contribution in [0.15, 0.2) is 191 Å². The van der Waals surface area contributed by atoms with Crippen molar-refractivity contribution < 1.29 is 118 Å². The van der Waals surface area contributed by atoms with Gasteiger partial charge in [-0.25, -0.2) is 17.6 Å². The molecule has 25 heteroatoms. The normalized spacial score (nSPS) is 10.0. The first-order valence-electron chi connectivity index (χ1n) is 27.4. The molecule has 0 saturated carbocycles. The molecule has 94 heavy (non-hydrogen) atoms. The van der Waals surface area contributed by atoms with Crippen LogP contribution in [0, 0.1) is 68.6 Å². The van der Waals surface area contributed by atoms with E-state index in [0.717, 1.165) is 53.2 Å². The van der Waals surface area contributed by atoms with E-state index in [2.05, 4.69) is 31.9 Å². The van der Waals surface area contributed by atoms with Crippen LogP contribution in [-0.2, 0) is 4.74 Å². The number of nitrogens with zero attached hydrogens (tertiary/aromatic N) is 4. The number of halogens is 6. The Morgan fingerprint density at radius 2 is 0.809 bits per heavy atom. The molecule has 1 aliphatic heterocycles. The molecule has 1 aliphatic rings. The van der Waals surface area contributed by atoms with E-state index in [1.54, 1.807) is 73.7 Å². The Kier molecular flexibility index (Phi) is 40.5. The number of rotatable bonds is 9. The van der Waals surface area contributed by atoms with Gasteiger partial charge in [0.25, 0.3) is 5.91 Å². The Morgan fingerprint density at radius 1 is 0.500 bits per heavy atom. The van der Waals surface area contributed by atoms with Crippen LogP contribution >= 0.6 is 31.9 Å². The van der Waals surface area contributed by atoms with Crippen molar-refractivity contribution in [3.8, 4) is 80.7 Å². The molecule has 9 aromatic rings. The molecule has 0 atom stereocenters. The summed E-state index contributed by atoms with van der Waals surface area (Å²) in [6.45, 7) is 3.93. The van der Waals surface area contributed by atoms with Crippen LogP contribution in [0.3, 0.4) is 0 Å². The van der Waals surface area contributed by atoms with Crippen LogP contribution in [0.4, 0.5) is 28.9 Å². The Bertz CT molecular complexity index is 3840. The van der Waals surface area contributed by atoms with Gasteiger partial charge in [-0.1, -0.05) is 153 Å². The zero-order valence-electron chi connectivity index (χ0n) is 52.0. The number of carbonyl (C=O) groups excluding carboxylic acids is 1. The zero-order valence-corrected chi connectivity index (χ0v) is 58.3. The number of aliphatic hydroxyl groups is 1. The molecule has 0 aliphatic carbocycles. The fourth-order valence-electron chi connectivity index (χ4n) is 7.83. The second-order valence-electron chi connectivity index (χ2n) is 18.4. The number of amides is 1. The van der Waals surface area contributed by atoms with Crippen molar-refractivity contribution >= 4 is 61.7 Å². The number of ether oxygens (including phenoxy) is 5. The zero-order chi connectivity index (χ0) is 68.1. The van der Waals surface area contributed by atoms with Gasteiger partial charge in [-0.3, -0.25) is 4.79 Å². The molecule has 9 aromatic carbocycles. The van der Waals surface area contributed by atoms with Crippen molar-refractivity contribution in [1.82, 2.24) is 0 Å². The van der Waals surface area contributed by atoms with Gasteiger partial charge < -0.3 is 61.5 Å². The van der Waals surface area contributed by atoms with Crippen LogP contribution in [0.5, 0.6) is 23.0 Å². The minimum Gasteiger partial charge on any atom is -0.870 e. The first-order valence-corrected chi connectivity index (χ1v) is 29.0. The summed E-state index contributed by atoms with van der Waals surface area (Å²) >= 11 is 5.97. The van der Waals surface area contributed by atoms with Gasteiger partial charge in [0.15, 0.2) is 0 Å². The molecule has 10 rings (SSSR count). The van der Waals surface area contributed by atoms with Crippen molar-refractivity contribution in [3.63, 3.8) is 0 Å². The average Bonchev–Trinajstić information content (AvgIpc) is 0.873.